The van der Waals surface area contributed by atoms with Crippen LogP contribution in [0.1, 0.15) is 11.4 Å². The zero-order chi connectivity index (χ0) is 22.5. The number of nitro groups is 1. The SMILES string of the molecule is COc1ccc(-c2nc(/C=C/c3ccc([N+](=O)[O-])cc3)[nH]c2-c2ccc(OC)cc2)cc1. The second-order valence-corrected chi connectivity index (χ2v) is 6.98. The number of hydrogen-bond donors (Lipinski definition) is 1. The molecule has 1 heterocycles. The highest BCUT2D eigenvalue weighted by molar-refractivity contribution is 5.81. The monoisotopic (exact) mass is 427 g/mol. The zero-order valence-electron chi connectivity index (χ0n) is 17.6. The Hall–Kier alpha value is -4.39. The highest BCUT2D eigenvalue weighted by Crippen LogP contribution is 2.32. The molecular formula is C25H21N3O4. The van der Waals surface area contributed by atoms with Gasteiger partial charge in [0.15, 0.2) is 0 Å². The van der Waals surface area contributed by atoms with E-state index in [4.69, 9.17) is 14.5 Å². The number of nitro benzene ring substituents is 1. The molecule has 7 nitrogen and oxygen atoms in total. The number of nitrogens with one attached hydrogen (secondary N) is 1. The predicted octanol–water partition coefficient (Wildman–Crippen LogP) is 5.84. The number of benzene rings is 3. The van der Waals surface area contributed by atoms with Crippen LogP contribution < -0.4 is 9.47 Å². The maximum absolute atomic E-state index is 10.8. The van der Waals surface area contributed by atoms with Crippen LogP contribution in [-0.4, -0.2) is 29.1 Å². The Labute approximate surface area is 185 Å². The first-order valence-corrected chi connectivity index (χ1v) is 9.89. The Morgan fingerprint density at radius 2 is 1.38 bits per heavy atom. The van der Waals surface area contributed by atoms with E-state index in [1.165, 1.54) is 12.1 Å². The van der Waals surface area contributed by atoms with Crippen molar-refractivity contribution < 1.29 is 14.4 Å². The average molecular weight is 427 g/mol. The second kappa shape index (κ2) is 9.18. The fourth-order valence-corrected chi connectivity index (χ4v) is 3.28. The van der Waals surface area contributed by atoms with Crippen molar-refractivity contribution >= 4 is 17.8 Å². The molecular weight excluding hydrogens is 406 g/mol. The molecule has 1 N–H and O–H groups in total. The molecule has 160 valence electrons. The van der Waals surface area contributed by atoms with Gasteiger partial charge in [0.05, 0.1) is 30.5 Å². The van der Waals surface area contributed by atoms with E-state index in [1.807, 2.05) is 60.7 Å². The summed E-state index contributed by atoms with van der Waals surface area (Å²) in [5, 5.41) is 10.8. The van der Waals surface area contributed by atoms with Gasteiger partial charge < -0.3 is 14.5 Å². The molecule has 4 aromatic rings. The van der Waals surface area contributed by atoms with Gasteiger partial charge in [-0.25, -0.2) is 4.98 Å². The number of nitrogens with zero attached hydrogens (tertiary/aromatic N) is 2. The summed E-state index contributed by atoms with van der Waals surface area (Å²) in [6.45, 7) is 0. The minimum absolute atomic E-state index is 0.0590. The molecule has 0 spiro atoms. The van der Waals surface area contributed by atoms with Crippen LogP contribution in [0.25, 0.3) is 34.7 Å². The van der Waals surface area contributed by atoms with E-state index in [-0.39, 0.29) is 5.69 Å². The van der Waals surface area contributed by atoms with Crippen molar-refractivity contribution in [2.24, 2.45) is 0 Å². The number of non-ortho nitro benzene ring substituents is 1. The maximum Gasteiger partial charge on any atom is 0.269 e. The molecule has 0 radical (unpaired) electrons. The molecule has 0 bridgehead atoms. The van der Waals surface area contributed by atoms with Crippen molar-refractivity contribution in [3.8, 4) is 34.0 Å². The van der Waals surface area contributed by atoms with Crippen LogP contribution in [0.15, 0.2) is 72.8 Å². The molecule has 0 amide bonds. The van der Waals surface area contributed by atoms with Crippen LogP contribution in [0, 0.1) is 10.1 Å². The van der Waals surface area contributed by atoms with Gasteiger partial charge in [-0.2, -0.15) is 0 Å². The highest BCUT2D eigenvalue weighted by Gasteiger charge is 2.14. The van der Waals surface area contributed by atoms with E-state index in [0.717, 1.165) is 39.6 Å². The number of imidazole rings is 1. The van der Waals surface area contributed by atoms with Crippen LogP contribution >= 0.6 is 0 Å². The lowest BCUT2D eigenvalue weighted by atomic mass is 10.0. The molecule has 3 aromatic carbocycles. The molecule has 0 unspecified atom stereocenters. The highest BCUT2D eigenvalue weighted by atomic mass is 16.6. The van der Waals surface area contributed by atoms with Gasteiger partial charge in [-0.1, -0.05) is 6.08 Å². The Balaban J connectivity index is 1.71. The van der Waals surface area contributed by atoms with Crippen molar-refractivity contribution in [2.75, 3.05) is 14.2 Å². The number of aromatic nitrogens is 2. The van der Waals surface area contributed by atoms with Gasteiger partial charge in [0.1, 0.15) is 17.3 Å². The molecule has 4 rings (SSSR count). The fraction of sp³-hybridized carbons (Fsp3) is 0.0800. The Morgan fingerprint density at radius 1 is 0.812 bits per heavy atom. The molecule has 0 saturated carbocycles. The third kappa shape index (κ3) is 4.52. The van der Waals surface area contributed by atoms with Crippen molar-refractivity contribution in [3.05, 3.63) is 94.3 Å². The van der Waals surface area contributed by atoms with Crippen LogP contribution in [0.2, 0.25) is 0 Å². The van der Waals surface area contributed by atoms with Crippen LogP contribution in [0.5, 0.6) is 11.5 Å². The molecule has 0 aliphatic rings. The summed E-state index contributed by atoms with van der Waals surface area (Å²) in [6.07, 6.45) is 3.71. The summed E-state index contributed by atoms with van der Waals surface area (Å²) in [4.78, 5) is 18.6. The van der Waals surface area contributed by atoms with E-state index in [9.17, 15) is 10.1 Å². The van der Waals surface area contributed by atoms with Crippen molar-refractivity contribution in [1.29, 1.82) is 0 Å². The summed E-state index contributed by atoms with van der Waals surface area (Å²) in [7, 11) is 3.27. The largest absolute Gasteiger partial charge is 0.497 e. The number of aromatic amines is 1. The molecule has 32 heavy (non-hydrogen) atoms. The topological polar surface area (TPSA) is 90.3 Å². The van der Waals surface area contributed by atoms with E-state index < -0.39 is 4.92 Å². The second-order valence-electron chi connectivity index (χ2n) is 6.98. The summed E-state index contributed by atoms with van der Waals surface area (Å²) in [6, 6.07) is 21.8. The maximum atomic E-state index is 10.8. The summed E-state index contributed by atoms with van der Waals surface area (Å²) >= 11 is 0. The van der Waals surface area contributed by atoms with Gasteiger partial charge in [0, 0.05) is 23.3 Å². The van der Waals surface area contributed by atoms with Crippen molar-refractivity contribution in [3.63, 3.8) is 0 Å². The fourth-order valence-electron chi connectivity index (χ4n) is 3.28. The van der Waals surface area contributed by atoms with Crippen LogP contribution in [0.4, 0.5) is 5.69 Å². The summed E-state index contributed by atoms with van der Waals surface area (Å²) in [5.74, 6) is 2.21. The number of ether oxygens (including phenoxy) is 2. The zero-order valence-corrected chi connectivity index (χ0v) is 17.6. The molecule has 0 aliphatic heterocycles. The van der Waals surface area contributed by atoms with Gasteiger partial charge in [-0.3, -0.25) is 10.1 Å². The standard InChI is InChI=1S/C25H21N3O4/c1-31-21-12-6-18(7-13-21)24-25(19-8-14-22(32-2)15-9-19)27-23(26-24)16-5-17-3-10-20(11-4-17)28(29)30/h3-16H,1-2H3,(H,26,27)/b16-5+. The first-order chi connectivity index (χ1) is 15.6. The number of methoxy groups -OCH3 is 2. The average Bonchev–Trinajstić information content (AvgIpc) is 3.27. The van der Waals surface area contributed by atoms with Gasteiger partial charge >= 0.3 is 0 Å². The normalized spacial score (nSPS) is 10.9. The number of hydrogen-bond acceptors (Lipinski definition) is 5. The number of H-pyrrole nitrogens is 1. The molecule has 0 saturated heterocycles. The molecule has 7 heteroatoms. The predicted molar refractivity (Wildman–Crippen MR) is 125 cm³/mol. The van der Waals surface area contributed by atoms with Crippen molar-refractivity contribution in [2.45, 2.75) is 0 Å². The van der Waals surface area contributed by atoms with E-state index in [0.29, 0.717) is 5.82 Å². The van der Waals surface area contributed by atoms with Crippen molar-refractivity contribution in [1.82, 2.24) is 9.97 Å². The van der Waals surface area contributed by atoms with E-state index in [2.05, 4.69) is 4.98 Å². The Bertz CT molecular complexity index is 1180. The Morgan fingerprint density at radius 3 is 1.91 bits per heavy atom. The lowest BCUT2D eigenvalue weighted by molar-refractivity contribution is -0.384. The molecule has 0 atom stereocenters. The quantitative estimate of drug-likeness (QED) is 0.296. The van der Waals surface area contributed by atoms with Gasteiger partial charge in [-0.05, 0) is 72.3 Å². The summed E-state index contributed by atoms with van der Waals surface area (Å²) in [5.41, 5.74) is 4.50. The van der Waals surface area contributed by atoms with Gasteiger partial charge in [0.25, 0.3) is 5.69 Å². The Kier molecular flexibility index (Phi) is 5.98. The minimum atomic E-state index is -0.414. The third-order valence-electron chi connectivity index (χ3n) is 5.00. The van der Waals surface area contributed by atoms with Gasteiger partial charge in [-0.15, -0.1) is 0 Å². The first-order valence-electron chi connectivity index (χ1n) is 9.89. The smallest absolute Gasteiger partial charge is 0.269 e. The van der Waals surface area contributed by atoms with E-state index >= 15 is 0 Å². The lowest BCUT2D eigenvalue weighted by Gasteiger charge is -2.06. The summed E-state index contributed by atoms with van der Waals surface area (Å²) < 4.78 is 10.5. The lowest BCUT2D eigenvalue weighted by Crippen LogP contribution is -1.87. The first kappa shape index (κ1) is 20.9. The minimum Gasteiger partial charge on any atom is -0.497 e. The molecule has 0 aliphatic carbocycles. The van der Waals surface area contributed by atoms with Gasteiger partial charge in [0.2, 0.25) is 0 Å². The van der Waals surface area contributed by atoms with Crippen LogP contribution in [-0.2, 0) is 0 Å². The van der Waals surface area contributed by atoms with Crippen LogP contribution in [0.3, 0.4) is 0 Å². The van der Waals surface area contributed by atoms with E-state index in [1.54, 1.807) is 26.4 Å². The third-order valence-corrected chi connectivity index (χ3v) is 5.00. The molecule has 0 fully saturated rings. The number of rotatable bonds is 7. The molecule has 1 aromatic heterocycles.